The fourth-order valence-electron chi connectivity index (χ4n) is 3.52. The van der Waals surface area contributed by atoms with Crippen LogP contribution >= 0.6 is 0 Å². The first-order valence-corrected chi connectivity index (χ1v) is 10.4. The first-order valence-electron chi connectivity index (χ1n) is 10.4. The van der Waals surface area contributed by atoms with E-state index in [-0.39, 0.29) is 11.7 Å². The molecule has 0 unspecified atom stereocenters. The Morgan fingerprint density at radius 1 is 0.939 bits per heavy atom. The normalized spacial score (nSPS) is 13.8. The number of nitrogens with one attached hydrogen (secondary N) is 1. The van der Waals surface area contributed by atoms with Crippen molar-refractivity contribution in [3.63, 3.8) is 0 Å². The molecule has 1 N–H and O–H groups in total. The minimum absolute atomic E-state index is 0.00488. The number of amides is 2. The number of rotatable bonds is 6. The van der Waals surface area contributed by atoms with Gasteiger partial charge < -0.3 is 19.5 Å². The monoisotopic (exact) mass is 446 g/mol. The summed E-state index contributed by atoms with van der Waals surface area (Å²) in [5.74, 6) is -1.18. The largest absolute Gasteiger partial charge is 0.433 e. The van der Waals surface area contributed by atoms with Gasteiger partial charge in [0.15, 0.2) is 5.76 Å². The maximum absolute atomic E-state index is 12.5. The average molecular weight is 446 g/mol. The summed E-state index contributed by atoms with van der Waals surface area (Å²) in [5, 5.41) is 13.3. The van der Waals surface area contributed by atoms with Crippen molar-refractivity contribution >= 4 is 35.1 Å². The maximum Gasteiger partial charge on any atom is 0.433 e. The van der Waals surface area contributed by atoms with E-state index in [4.69, 9.17) is 4.42 Å². The maximum atomic E-state index is 12.5. The zero-order valence-electron chi connectivity index (χ0n) is 17.7. The van der Waals surface area contributed by atoms with Crippen molar-refractivity contribution in [1.29, 1.82) is 0 Å². The number of nitro groups is 1. The van der Waals surface area contributed by atoms with Crippen LogP contribution in [0.5, 0.6) is 0 Å². The van der Waals surface area contributed by atoms with E-state index in [9.17, 15) is 19.7 Å². The third-order valence-electron chi connectivity index (χ3n) is 5.30. The molecular formula is C24H22N4O5. The molecule has 0 aliphatic carbocycles. The number of furan rings is 1. The molecule has 0 atom stereocenters. The predicted octanol–water partition coefficient (Wildman–Crippen LogP) is 3.80. The van der Waals surface area contributed by atoms with Crippen molar-refractivity contribution < 1.29 is 18.9 Å². The smallest absolute Gasteiger partial charge is 0.395 e. The minimum atomic E-state index is -0.696. The third-order valence-corrected chi connectivity index (χ3v) is 5.30. The number of nitrogens with zero attached hydrogens (tertiary/aromatic N) is 3. The number of hydrogen-bond acceptors (Lipinski definition) is 6. The van der Waals surface area contributed by atoms with Gasteiger partial charge in [0.1, 0.15) is 4.92 Å². The van der Waals surface area contributed by atoms with Gasteiger partial charge >= 0.3 is 5.88 Å². The van der Waals surface area contributed by atoms with E-state index in [1.807, 2.05) is 53.4 Å². The van der Waals surface area contributed by atoms with Gasteiger partial charge in [-0.2, -0.15) is 0 Å². The molecule has 3 aromatic rings. The molecule has 0 saturated carbocycles. The zero-order chi connectivity index (χ0) is 23.2. The van der Waals surface area contributed by atoms with Gasteiger partial charge in [0.05, 0.1) is 6.07 Å². The number of benzene rings is 2. The average Bonchev–Trinajstić information content (AvgIpc) is 3.35. The lowest BCUT2D eigenvalue weighted by molar-refractivity contribution is -0.402. The second-order valence-corrected chi connectivity index (χ2v) is 7.45. The zero-order valence-corrected chi connectivity index (χ0v) is 17.7. The summed E-state index contributed by atoms with van der Waals surface area (Å²) in [6.45, 7) is 2.64. The number of carbonyl (C=O) groups is 2. The number of anilines is 2. The van der Waals surface area contributed by atoms with Crippen LogP contribution in [0.25, 0.3) is 6.08 Å². The quantitative estimate of drug-likeness (QED) is 0.350. The van der Waals surface area contributed by atoms with Crippen LogP contribution in [0.3, 0.4) is 0 Å². The molecule has 4 rings (SSSR count). The molecule has 2 amide bonds. The van der Waals surface area contributed by atoms with Gasteiger partial charge in [-0.25, -0.2) is 0 Å². The van der Waals surface area contributed by atoms with E-state index in [0.717, 1.165) is 17.3 Å². The predicted molar refractivity (Wildman–Crippen MR) is 124 cm³/mol. The summed E-state index contributed by atoms with van der Waals surface area (Å²) in [7, 11) is 0. The Kier molecular flexibility index (Phi) is 6.49. The van der Waals surface area contributed by atoms with Crippen molar-refractivity contribution in [1.82, 2.24) is 4.90 Å². The Morgan fingerprint density at radius 3 is 2.27 bits per heavy atom. The van der Waals surface area contributed by atoms with Crippen LogP contribution in [0.2, 0.25) is 0 Å². The third kappa shape index (κ3) is 5.45. The Hall–Kier alpha value is -4.40. The van der Waals surface area contributed by atoms with E-state index in [0.29, 0.717) is 31.9 Å². The van der Waals surface area contributed by atoms with Crippen LogP contribution in [0.1, 0.15) is 16.1 Å². The molecule has 0 spiro atoms. The molecule has 2 heterocycles. The summed E-state index contributed by atoms with van der Waals surface area (Å²) < 4.78 is 4.91. The van der Waals surface area contributed by atoms with E-state index in [1.165, 1.54) is 6.07 Å². The molecule has 1 aliphatic rings. The van der Waals surface area contributed by atoms with Crippen LogP contribution < -0.4 is 10.2 Å². The highest BCUT2D eigenvalue weighted by Crippen LogP contribution is 2.21. The SMILES string of the molecule is O=C(Nc1ccc(N2CCN(C(=O)C=Cc3ccccc3)CC2)cc1)c1ccc([N+](=O)[O-])o1. The molecule has 9 heteroatoms. The Bertz CT molecular complexity index is 1160. The molecule has 1 aromatic heterocycles. The van der Waals surface area contributed by atoms with Crippen LogP contribution in [-0.2, 0) is 4.79 Å². The van der Waals surface area contributed by atoms with Crippen LogP contribution in [0.4, 0.5) is 17.3 Å². The van der Waals surface area contributed by atoms with Crippen molar-refractivity contribution in [2.45, 2.75) is 0 Å². The van der Waals surface area contributed by atoms with E-state index >= 15 is 0 Å². The van der Waals surface area contributed by atoms with E-state index in [1.54, 1.807) is 18.2 Å². The topological polar surface area (TPSA) is 109 Å². The van der Waals surface area contributed by atoms with E-state index in [2.05, 4.69) is 10.2 Å². The molecule has 1 aliphatic heterocycles. The van der Waals surface area contributed by atoms with Crippen LogP contribution in [0.15, 0.2) is 77.2 Å². The minimum Gasteiger partial charge on any atom is -0.395 e. The standard InChI is InChI=1S/C24H22N4O5/c29-22(12-6-18-4-2-1-3-5-18)27-16-14-26(15-17-27)20-9-7-19(8-10-20)25-24(30)21-11-13-23(33-21)28(31)32/h1-13H,14-17H2,(H,25,30). The van der Waals surface area contributed by atoms with Crippen molar-refractivity contribution in [2.75, 3.05) is 36.4 Å². The summed E-state index contributed by atoms with van der Waals surface area (Å²) in [6, 6.07) is 19.4. The Balaban J connectivity index is 1.29. The highest BCUT2D eigenvalue weighted by molar-refractivity contribution is 6.02. The highest BCUT2D eigenvalue weighted by Gasteiger charge is 2.20. The molecule has 9 nitrogen and oxygen atoms in total. The van der Waals surface area contributed by atoms with E-state index < -0.39 is 16.7 Å². The summed E-state index contributed by atoms with van der Waals surface area (Å²) in [6.07, 6.45) is 3.43. The van der Waals surface area contributed by atoms with Gasteiger partial charge in [-0.15, -0.1) is 0 Å². The summed E-state index contributed by atoms with van der Waals surface area (Å²) in [4.78, 5) is 38.6. The molecule has 33 heavy (non-hydrogen) atoms. The van der Waals surface area contributed by atoms with Crippen LogP contribution in [-0.4, -0.2) is 47.8 Å². The number of hydrogen-bond donors (Lipinski definition) is 1. The van der Waals surface area contributed by atoms with Crippen molar-refractivity contribution in [2.24, 2.45) is 0 Å². The lowest BCUT2D eigenvalue weighted by Crippen LogP contribution is -2.48. The van der Waals surface area contributed by atoms with Gasteiger partial charge in [-0.3, -0.25) is 19.7 Å². The van der Waals surface area contributed by atoms with Crippen LogP contribution in [0, 0.1) is 10.1 Å². The highest BCUT2D eigenvalue weighted by atomic mass is 16.6. The lowest BCUT2D eigenvalue weighted by atomic mass is 10.2. The van der Waals surface area contributed by atoms with Gasteiger partial charge in [-0.1, -0.05) is 30.3 Å². The Labute approximate surface area is 190 Å². The second-order valence-electron chi connectivity index (χ2n) is 7.45. The summed E-state index contributed by atoms with van der Waals surface area (Å²) >= 11 is 0. The second kappa shape index (κ2) is 9.82. The molecular weight excluding hydrogens is 424 g/mol. The molecule has 2 aromatic carbocycles. The van der Waals surface area contributed by atoms with Gasteiger partial charge in [-0.05, 0) is 42.0 Å². The number of piperazine rings is 1. The first-order chi connectivity index (χ1) is 16.0. The fraction of sp³-hybridized carbons (Fsp3) is 0.167. The van der Waals surface area contributed by atoms with Gasteiger partial charge in [0, 0.05) is 43.6 Å². The summed E-state index contributed by atoms with van der Waals surface area (Å²) in [5.41, 5.74) is 2.51. The molecule has 1 fully saturated rings. The molecule has 0 radical (unpaired) electrons. The molecule has 168 valence electrons. The fourth-order valence-corrected chi connectivity index (χ4v) is 3.52. The Morgan fingerprint density at radius 2 is 1.64 bits per heavy atom. The van der Waals surface area contributed by atoms with Crippen molar-refractivity contribution in [3.8, 4) is 0 Å². The first kappa shape index (κ1) is 21.8. The van der Waals surface area contributed by atoms with Gasteiger partial charge in [0.25, 0.3) is 5.91 Å². The molecule has 1 saturated heterocycles. The van der Waals surface area contributed by atoms with Gasteiger partial charge in [0.2, 0.25) is 5.91 Å². The van der Waals surface area contributed by atoms with Crippen molar-refractivity contribution in [3.05, 3.63) is 94.2 Å². The number of carbonyl (C=O) groups excluding carboxylic acids is 2. The molecule has 0 bridgehead atoms. The lowest BCUT2D eigenvalue weighted by Gasteiger charge is -2.35.